The summed E-state index contributed by atoms with van der Waals surface area (Å²) in [5.41, 5.74) is 0.0401. The number of pyridine rings is 1. The third-order valence-electron chi connectivity index (χ3n) is 1.78. The molecule has 0 saturated carbocycles. The van der Waals surface area contributed by atoms with Gasteiger partial charge in [0.2, 0.25) is 0 Å². The number of aromatic nitrogens is 1. The summed E-state index contributed by atoms with van der Waals surface area (Å²) < 4.78 is 31.1. The number of amides is 1. The fourth-order valence-electron chi connectivity index (χ4n) is 1.00. The maximum atomic E-state index is 13.3. The van der Waals surface area contributed by atoms with Crippen molar-refractivity contribution in [1.82, 2.24) is 4.98 Å². The van der Waals surface area contributed by atoms with Gasteiger partial charge in [0.25, 0.3) is 0 Å². The lowest BCUT2D eigenvalue weighted by Gasteiger charge is -2.14. The van der Waals surface area contributed by atoms with Gasteiger partial charge in [-0.1, -0.05) is 0 Å². The van der Waals surface area contributed by atoms with E-state index in [-0.39, 0.29) is 12.3 Å². The Morgan fingerprint density at radius 2 is 2.17 bits per heavy atom. The molecule has 0 spiro atoms. The van der Waals surface area contributed by atoms with E-state index in [4.69, 9.17) is 0 Å². The molecule has 0 saturated heterocycles. The van der Waals surface area contributed by atoms with Crippen LogP contribution in [0.2, 0.25) is 0 Å². The summed E-state index contributed by atoms with van der Waals surface area (Å²) in [5, 5.41) is 1.88. The summed E-state index contributed by atoms with van der Waals surface area (Å²) in [6.07, 6.45) is 2.59. The topological polar surface area (TPSA) is 68.3 Å². The summed E-state index contributed by atoms with van der Waals surface area (Å²) in [6, 6.07) is 1.37. The SMILES string of the molecule is CCOC(=O)C(F)(F)C(=O)Nc1cncc(Br)c1. The monoisotopic (exact) mass is 322 g/mol. The van der Waals surface area contributed by atoms with Gasteiger partial charge >= 0.3 is 17.8 Å². The predicted molar refractivity (Wildman–Crippen MR) is 62.1 cm³/mol. The van der Waals surface area contributed by atoms with Gasteiger partial charge in [0, 0.05) is 10.7 Å². The molecule has 1 aromatic heterocycles. The zero-order chi connectivity index (χ0) is 13.8. The average Bonchev–Trinajstić information content (AvgIpc) is 2.29. The van der Waals surface area contributed by atoms with Crippen molar-refractivity contribution < 1.29 is 23.1 Å². The smallest absolute Gasteiger partial charge is 0.419 e. The van der Waals surface area contributed by atoms with Crippen LogP contribution in [-0.4, -0.2) is 29.4 Å². The number of hydrogen-bond acceptors (Lipinski definition) is 4. The molecule has 0 aliphatic rings. The predicted octanol–water partition coefficient (Wildman–Crippen LogP) is 1.98. The number of alkyl halides is 2. The third kappa shape index (κ3) is 3.46. The Morgan fingerprint density at radius 3 is 2.72 bits per heavy atom. The molecule has 1 N–H and O–H groups in total. The molecule has 0 aliphatic heterocycles. The lowest BCUT2D eigenvalue weighted by molar-refractivity contribution is -0.175. The largest absolute Gasteiger partial charge is 0.461 e. The Morgan fingerprint density at radius 1 is 1.50 bits per heavy atom. The molecule has 0 unspecified atom stereocenters. The van der Waals surface area contributed by atoms with E-state index in [0.717, 1.165) is 0 Å². The number of carbonyl (C=O) groups is 2. The normalized spacial score (nSPS) is 10.9. The molecule has 0 bridgehead atoms. The number of halogens is 3. The van der Waals surface area contributed by atoms with Crippen molar-refractivity contribution in [2.75, 3.05) is 11.9 Å². The van der Waals surface area contributed by atoms with Crippen LogP contribution in [0.1, 0.15) is 6.92 Å². The first kappa shape index (κ1) is 14.5. The highest BCUT2D eigenvalue weighted by Gasteiger charge is 2.49. The second-order valence-electron chi connectivity index (χ2n) is 3.14. The maximum Gasteiger partial charge on any atom is 0.419 e. The first-order chi connectivity index (χ1) is 8.37. The van der Waals surface area contributed by atoms with Crippen LogP contribution in [0.5, 0.6) is 0 Å². The van der Waals surface area contributed by atoms with Gasteiger partial charge in [-0.2, -0.15) is 8.78 Å². The van der Waals surface area contributed by atoms with Gasteiger partial charge < -0.3 is 10.1 Å². The van der Waals surface area contributed by atoms with Crippen LogP contribution in [0.15, 0.2) is 22.9 Å². The van der Waals surface area contributed by atoms with Crippen molar-refractivity contribution in [3.63, 3.8) is 0 Å². The van der Waals surface area contributed by atoms with Crippen LogP contribution in [0.25, 0.3) is 0 Å². The highest BCUT2D eigenvalue weighted by molar-refractivity contribution is 9.10. The molecular formula is C10H9BrF2N2O3. The van der Waals surface area contributed by atoms with Crippen LogP contribution in [0, 0.1) is 0 Å². The van der Waals surface area contributed by atoms with Crippen molar-refractivity contribution in [3.05, 3.63) is 22.9 Å². The lowest BCUT2D eigenvalue weighted by atomic mass is 10.3. The molecular weight excluding hydrogens is 314 g/mol. The summed E-state index contributed by atoms with van der Waals surface area (Å²) in [6.45, 7) is 1.13. The summed E-state index contributed by atoms with van der Waals surface area (Å²) in [7, 11) is 0. The molecule has 98 valence electrons. The van der Waals surface area contributed by atoms with E-state index in [2.05, 4.69) is 25.7 Å². The van der Waals surface area contributed by atoms with Crippen molar-refractivity contribution in [2.45, 2.75) is 12.8 Å². The fourth-order valence-corrected chi connectivity index (χ4v) is 1.37. The minimum absolute atomic E-state index is 0.0401. The quantitative estimate of drug-likeness (QED) is 0.680. The number of anilines is 1. The van der Waals surface area contributed by atoms with Crippen molar-refractivity contribution in [3.8, 4) is 0 Å². The standard InChI is InChI=1S/C10H9BrF2N2O3/c1-2-18-9(17)10(12,13)8(16)15-7-3-6(11)4-14-5-7/h3-5H,2H2,1H3,(H,15,16). The number of hydrogen-bond donors (Lipinski definition) is 1. The maximum absolute atomic E-state index is 13.3. The van der Waals surface area contributed by atoms with E-state index in [1.165, 1.54) is 25.4 Å². The van der Waals surface area contributed by atoms with E-state index in [1.54, 1.807) is 0 Å². The van der Waals surface area contributed by atoms with E-state index >= 15 is 0 Å². The molecule has 5 nitrogen and oxygen atoms in total. The van der Waals surface area contributed by atoms with Crippen LogP contribution >= 0.6 is 15.9 Å². The van der Waals surface area contributed by atoms with Gasteiger partial charge in [-0.05, 0) is 28.9 Å². The Bertz CT molecular complexity index is 468. The molecule has 1 aromatic rings. The zero-order valence-corrected chi connectivity index (χ0v) is 10.8. The minimum Gasteiger partial charge on any atom is -0.461 e. The second-order valence-corrected chi connectivity index (χ2v) is 4.06. The van der Waals surface area contributed by atoms with Gasteiger partial charge in [0.05, 0.1) is 18.5 Å². The molecule has 0 radical (unpaired) electrons. The third-order valence-corrected chi connectivity index (χ3v) is 2.21. The summed E-state index contributed by atoms with van der Waals surface area (Å²) in [5.74, 6) is -7.88. The van der Waals surface area contributed by atoms with Crippen LogP contribution < -0.4 is 5.32 Å². The summed E-state index contributed by atoms with van der Waals surface area (Å²) >= 11 is 3.06. The Balaban J connectivity index is 2.79. The molecule has 0 fully saturated rings. The molecule has 1 amide bonds. The van der Waals surface area contributed by atoms with Crippen molar-refractivity contribution in [2.24, 2.45) is 0 Å². The molecule has 0 aliphatic carbocycles. The van der Waals surface area contributed by atoms with Gasteiger partial charge in [-0.25, -0.2) is 4.79 Å². The zero-order valence-electron chi connectivity index (χ0n) is 9.25. The second kappa shape index (κ2) is 5.85. The number of nitrogens with zero attached hydrogens (tertiary/aromatic N) is 1. The Hall–Kier alpha value is -1.57. The Labute approximate surface area is 110 Å². The molecule has 18 heavy (non-hydrogen) atoms. The van der Waals surface area contributed by atoms with E-state index in [1.807, 2.05) is 5.32 Å². The number of carbonyl (C=O) groups excluding carboxylic acids is 2. The number of ether oxygens (including phenoxy) is 1. The molecule has 1 heterocycles. The lowest BCUT2D eigenvalue weighted by Crippen LogP contribution is -2.43. The van der Waals surface area contributed by atoms with Crippen molar-refractivity contribution >= 4 is 33.5 Å². The van der Waals surface area contributed by atoms with E-state index in [0.29, 0.717) is 4.47 Å². The first-order valence-electron chi connectivity index (χ1n) is 4.85. The van der Waals surface area contributed by atoms with Crippen LogP contribution in [0.4, 0.5) is 14.5 Å². The fraction of sp³-hybridized carbons (Fsp3) is 0.300. The average molecular weight is 323 g/mol. The molecule has 0 aromatic carbocycles. The van der Waals surface area contributed by atoms with Gasteiger partial charge in [0.15, 0.2) is 0 Å². The number of nitrogens with one attached hydrogen (secondary N) is 1. The molecule has 1 rings (SSSR count). The molecule has 8 heteroatoms. The van der Waals surface area contributed by atoms with E-state index in [9.17, 15) is 18.4 Å². The van der Waals surface area contributed by atoms with Crippen molar-refractivity contribution in [1.29, 1.82) is 0 Å². The van der Waals surface area contributed by atoms with Crippen LogP contribution in [-0.2, 0) is 14.3 Å². The minimum atomic E-state index is -4.24. The number of esters is 1. The first-order valence-corrected chi connectivity index (χ1v) is 5.64. The Kier molecular flexibility index (Phi) is 4.71. The highest BCUT2D eigenvalue weighted by Crippen LogP contribution is 2.20. The van der Waals surface area contributed by atoms with Gasteiger partial charge in [-0.15, -0.1) is 0 Å². The van der Waals surface area contributed by atoms with Crippen LogP contribution in [0.3, 0.4) is 0 Å². The molecule has 0 atom stereocenters. The number of rotatable bonds is 4. The van der Waals surface area contributed by atoms with Gasteiger partial charge in [-0.3, -0.25) is 9.78 Å². The van der Waals surface area contributed by atoms with E-state index < -0.39 is 17.8 Å². The van der Waals surface area contributed by atoms with Gasteiger partial charge in [0.1, 0.15) is 0 Å². The highest BCUT2D eigenvalue weighted by atomic mass is 79.9. The summed E-state index contributed by atoms with van der Waals surface area (Å²) in [4.78, 5) is 25.8.